The maximum atomic E-state index is 6.91. The summed E-state index contributed by atoms with van der Waals surface area (Å²) in [5.74, 6) is 2.32. The molecular weight excluding hydrogens is 757 g/mol. The number of aromatic nitrogens is 1. The summed E-state index contributed by atoms with van der Waals surface area (Å²) >= 11 is 0. The van der Waals surface area contributed by atoms with Gasteiger partial charge in [0, 0.05) is 39.2 Å². The lowest BCUT2D eigenvalue weighted by molar-refractivity contribution is 0.266. The number of hydrogen-bond donors (Lipinski definition) is 1. The Kier molecular flexibility index (Phi) is 8.63. The molecule has 294 valence electrons. The molecule has 0 fully saturated rings. The number of ether oxygens (including phenoxy) is 1. The van der Waals surface area contributed by atoms with E-state index in [-0.39, 0.29) is 18.2 Å². The van der Waals surface area contributed by atoms with Gasteiger partial charge in [-0.3, -0.25) is 0 Å². The highest BCUT2D eigenvalue weighted by Gasteiger charge is 2.40. The molecule has 3 atom stereocenters. The molecular formula is C57H40N4O. The Bertz CT molecular complexity index is 3200. The number of rotatable bonds is 7. The van der Waals surface area contributed by atoms with E-state index in [2.05, 4.69) is 204 Å². The summed E-state index contributed by atoms with van der Waals surface area (Å²) in [5, 5.41) is 6.20. The number of nitrogens with zero attached hydrogens (tertiary/aromatic N) is 3. The Labute approximate surface area is 360 Å². The van der Waals surface area contributed by atoms with Gasteiger partial charge in [-0.25, -0.2) is 9.98 Å². The average molecular weight is 797 g/mol. The molecule has 8 aromatic carbocycles. The van der Waals surface area contributed by atoms with Gasteiger partial charge >= 0.3 is 0 Å². The van der Waals surface area contributed by atoms with Gasteiger partial charge in [0.05, 0.1) is 17.0 Å². The van der Waals surface area contributed by atoms with Crippen LogP contribution in [0.1, 0.15) is 28.8 Å². The fraction of sp³-hybridized carbons (Fsp3) is 0.0526. The highest BCUT2D eigenvalue weighted by molar-refractivity contribution is 6.14. The summed E-state index contributed by atoms with van der Waals surface area (Å²) in [6, 6.07) is 71.1. The molecule has 3 aliphatic rings. The van der Waals surface area contributed by atoms with Crippen molar-refractivity contribution in [3.63, 3.8) is 0 Å². The van der Waals surface area contributed by atoms with Crippen LogP contribution in [-0.4, -0.2) is 22.3 Å². The van der Waals surface area contributed by atoms with E-state index in [9.17, 15) is 0 Å². The lowest BCUT2D eigenvalue weighted by Crippen LogP contribution is -2.37. The zero-order valence-electron chi connectivity index (χ0n) is 33.8. The van der Waals surface area contributed by atoms with Gasteiger partial charge in [-0.05, 0) is 69.3 Å². The molecule has 2 aliphatic heterocycles. The van der Waals surface area contributed by atoms with Crippen LogP contribution in [0.5, 0.6) is 5.75 Å². The van der Waals surface area contributed by atoms with E-state index in [1.165, 1.54) is 38.6 Å². The van der Waals surface area contributed by atoms with Crippen molar-refractivity contribution in [3.8, 4) is 44.8 Å². The summed E-state index contributed by atoms with van der Waals surface area (Å²) in [4.78, 5) is 10.5. The lowest BCUT2D eigenvalue weighted by atomic mass is 9.83. The monoisotopic (exact) mass is 796 g/mol. The highest BCUT2D eigenvalue weighted by Crippen LogP contribution is 2.47. The van der Waals surface area contributed by atoms with Crippen molar-refractivity contribution in [1.29, 1.82) is 0 Å². The largest absolute Gasteiger partial charge is 0.485 e. The van der Waals surface area contributed by atoms with Gasteiger partial charge in [0.25, 0.3) is 0 Å². The van der Waals surface area contributed by atoms with Gasteiger partial charge in [-0.15, -0.1) is 0 Å². The van der Waals surface area contributed by atoms with Crippen LogP contribution in [0.2, 0.25) is 0 Å². The topological polar surface area (TPSA) is 50.9 Å². The maximum Gasteiger partial charge on any atom is 0.159 e. The molecule has 5 nitrogen and oxygen atoms in total. The van der Waals surface area contributed by atoms with Crippen LogP contribution in [0.15, 0.2) is 234 Å². The first-order valence-electron chi connectivity index (χ1n) is 21.2. The second kappa shape index (κ2) is 14.9. The van der Waals surface area contributed by atoms with Crippen LogP contribution in [0.25, 0.3) is 60.9 Å². The molecule has 1 aliphatic carbocycles. The van der Waals surface area contributed by atoms with Crippen molar-refractivity contribution < 1.29 is 4.74 Å². The summed E-state index contributed by atoms with van der Waals surface area (Å²) in [6.45, 7) is 0. The summed E-state index contributed by atoms with van der Waals surface area (Å²) in [5.41, 5.74) is 14.7. The maximum absolute atomic E-state index is 6.91. The quantitative estimate of drug-likeness (QED) is 0.175. The number of amidine groups is 2. The molecule has 5 heteroatoms. The molecule has 3 unspecified atom stereocenters. The fourth-order valence-electron chi connectivity index (χ4n) is 9.43. The van der Waals surface area contributed by atoms with Crippen LogP contribution >= 0.6 is 0 Å². The predicted molar refractivity (Wildman–Crippen MR) is 254 cm³/mol. The molecule has 3 heterocycles. The van der Waals surface area contributed by atoms with Gasteiger partial charge in [0.2, 0.25) is 0 Å². The van der Waals surface area contributed by atoms with Crippen molar-refractivity contribution in [2.45, 2.75) is 18.2 Å². The third kappa shape index (κ3) is 6.25. The third-order valence-electron chi connectivity index (χ3n) is 12.4. The van der Waals surface area contributed by atoms with Crippen LogP contribution in [-0.2, 0) is 0 Å². The van der Waals surface area contributed by atoms with Crippen LogP contribution in [0.3, 0.4) is 0 Å². The van der Waals surface area contributed by atoms with Gasteiger partial charge in [0.15, 0.2) is 5.84 Å². The first-order valence-corrected chi connectivity index (χ1v) is 21.2. The van der Waals surface area contributed by atoms with Gasteiger partial charge < -0.3 is 14.6 Å². The van der Waals surface area contributed by atoms with Gasteiger partial charge in [0.1, 0.15) is 23.9 Å². The second-order valence-corrected chi connectivity index (χ2v) is 16.1. The average Bonchev–Trinajstić information content (AvgIpc) is 3.89. The number of benzene rings is 8. The second-order valence-electron chi connectivity index (χ2n) is 16.1. The smallest absolute Gasteiger partial charge is 0.159 e. The molecule has 12 rings (SSSR count). The number of hydrogen-bond acceptors (Lipinski definition) is 4. The van der Waals surface area contributed by atoms with E-state index >= 15 is 0 Å². The Morgan fingerprint density at radius 2 is 1.06 bits per heavy atom. The number of nitrogens with one attached hydrogen (secondary N) is 1. The molecule has 0 radical (unpaired) electrons. The minimum atomic E-state index is -0.340. The van der Waals surface area contributed by atoms with E-state index in [1.54, 1.807) is 0 Å². The van der Waals surface area contributed by atoms with Crippen LogP contribution < -0.4 is 10.1 Å². The zero-order chi connectivity index (χ0) is 41.0. The standard InChI is InChI=1S/C57H40N4O/c1-5-15-37(16-6-1)41-23-13-24-44(33-41)56-58-55(40-21-11-4-12-22-40)59-57(60-56)49-25-14-26-52-54(49)48-32-29-45(36-53(48)62-52)61-50-34-42(38-17-7-2-8-18-38)27-30-46(50)47-31-28-43(35-51(47)61)39-19-9-3-10-20-39/h1-36,52,54,56H,(H,58,59,60). The van der Waals surface area contributed by atoms with Crippen LogP contribution in [0, 0.1) is 0 Å². The molecule has 1 aromatic heterocycles. The molecule has 0 spiro atoms. The Balaban J connectivity index is 0.956. The Hall–Kier alpha value is -8.02. The van der Waals surface area contributed by atoms with Crippen molar-refractivity contribution in [2.24, 2.45) is 9.98 Å². The number of aliphatic imine (C=N–C) groups is 2. The van der Waals surface area contributed by atoms with E-state index in [4.69, 9.17) is 14.7 Å². The summed E-state index contributed by atoms with van der Waals surface area (Å²) in [7, 11) is 0. The lowest BCUT2D eigenvalue weighted by Gasteiger charge is -2.29. The zero-order valence-corrected chi connectivity index (χ0v) is 33.8. The third-order valence-corrected chi connectivity index (χ3v) is 12.4. The number of fused-ring (bicyclic) bond motifs is 6. The molecule has 9 aromatic rings. The molecule has 0 bridgehead atoms. The van der Waals surface area contributed by atoms with E-state index < -0.39 is 0 Å². The summed E-state index contributed by atoms with van der Waals surface area (Å²) in [6.07, 6.45) is 5.94. The van der Waals surface area contributed by atoms with Crippen LogP contribution in [0.4, 0.5) is 0 Å². The SMILES string of the molecule is C1=CC2Oc3cc(-n4c5cc(-c6ccccc6)ccc5c5ccc(-c6ccccc6)cc54)ccc3C2C(C2=NC(c3ccccc3)=NC(c3cccc(-c4ccccc4)c3)N2)=C1. The normalized spacial score (nSPS) is 17.7. The van der Waals surface area contributed by atoms with Crippen molar-refractivity contribution >= 4 is 33.5 Å². The number of allylic oxidation sites excluding steroid dienone is 2. The minimum absolute atomic E-state index is 0.0609. The first-order chi connectivity index (χ1) is 30.7. The summed E-state index contributed by atoms with van der Waals surface area (Å²) < 4.78 is 9.32. The Morgan fingerprint density at radius 3 is 1.68 bits per heavy atom. The van der Waals surface area contributed by atoms with Crippen molar-refractivity contribution in [2.75, 3.05) is 0 Å². The van der Waals surface area contributed by atoms with Gasteiger partial charge in [-0.2, -0.15) is 0 Å². The molecule has 0 amide bonds. The minimum Gasteiger partial charge on any atom is -0.485 e. The molecule has 0 saturated carbocycles. The Morgan fingerprint density at radius 1 is 0.500 bits per heavy atom. The van der Waals surface area contributed by atoms with Crippen molar-refractivity contribution in [3.05, 3.63) is 241 Å². The fourth-order valence-corrected chi connectivity index (χ4v) is 9.43. The molecule has 0 saturated heterocycles. The highest BCUT2D eigenvalue weighted by atomic mass is 16.5. The first kappa shape index (κ1) is 35.9. The van der Waals surface area contributed by atoms with E-state index in [0.717, 1.165) is 56.1 Å². The van der Waals surface area contributed by atoms with Crippen molar-refractivity contribution in [1.82, 2.24) is 9.88 Å². The molecule has 1 N–H and O–H groups in total. The predicted octanol–water partition coefficient (Wildman–Crippen LogP) is 13.3. The van der Waals surface area contributed by atoms with E-state index in [1.807, 2.05) is 24.3 Å². The van der Waals surface area contributed by atoms with Gasteiger partial charge in [-0.1, -0.05) is 182 Å². The van der Waals surface area contributed by atoms with E-state index in [0.29, 0.717) is 5.84 Å². The molecule has 62 heavy (non-hydrogen) atoms.